The molecule has 1 N–H and O–H groups in total. The van der Waals surface area contributed by atoms with Crippen LogP contribution in [0.4, 0.5) is 17.6 Å². The van der Waals surface area contributed by atoms with Crippen molar-refractivity contribution < 1.29 is 22.4 Å². The summed E-state index contributed by atoms with van der Waals surface area (Å²) in [6.07, 6.45) is -4.17. The number of nitrogens with one attached hydrogen (secondary N) is 1. The third-order valence-electron chi connectivity index (χ3n) is 3.86. The summed E-state index contributed by atoms with van der Waals surface area (Å²) < 4.78 is 55.1. The highest BCUT2D eigenvalue weighted by atomic mass is 19.4. The van der Waals surface area contributed by atoms with Crippen molar-refractivity contribution in [1.29, 1.82) is 0 Å². The Hall–Kier alpha value is -3.50. The number of rotatable bonds is 4. The fourth-order valence-electron chi connectivity index (χ4n) is 2.57. The number of hydrogen-bond acceptors (Lipinski definition) is 4. The zero-order chi connectivity index (χ0) is 20.5. The normalized spacial score (nSPS) is 11.5. The van der Waals surface area contributed by atoms with E-state index in [9.17, 15) is 27.2 Å². The van der Waals surface area contributed by atoms with E-state index in [2.05, 4.69) is 10.2 Å². The number of amides is 1. The second-order valence-electron chi connectivity index (χ2n) is 5.85. The van der Waals surface area contributed by atoms with E-state index >= 15 is 0 Å². The molecule has 7 nitrogen and oxygen atoms in total. The number of halogens is 4. The molecule has 11 heteroatoms. The second-order valence-corrected chi connectivity index (χ2v) is 5.85. The minimum absolute atomic E-state index is 0.154. The molecule has 0 spiro atoms. The minimum Gasteiger partial charge on any atom is -0.337 e. The lowest BCUT2D eigenvalue weighted by molar-refractivity contribution is -0.143. The maximum absolute atomic E-state index is 13.8. The summed E-state index contributed by atoms with van der Waals surface area (Å²) in [6, 6.07) is 7.65. The molecule has 2 aromatic heterocycles. The van der Waals surface area contributed by atoms with Crippen molar-refractivity contribution in [1.82, 2.24) is 24.9 Å². The molecular formula is C17H13F4N5O2. The Morgan fingerprint density at radius 1 is 1.21 bits per heavy atom. The molecule has 0 fully saturated rings. The lowest BCUT2D eigenvalue weighted by Gasteiger charge is -2.18. The van der Waals surface area contributed by atoms with Crippen LogP contribution in [0.5, 0.6) is 0 Å². The van der Waals surface area contributed by atoms with Gasteiger partial charge in [0, 0.05) is 25.2 Å². The fraction of sp³-hybridized carbons (Fsp3) is 0.176. The molecule has 0 bridgehead atoms. The molecule has 0 unspecified atom stereocenters. The van der Waals surface area contributed by atoms with Crippen LogP contribution < -0.4 is 5.56 Å². The topological polar surface area (TPSA) is 83.9 Å². The first-order valence-corrected chi connectivity index (χ1v) is 7.88. The third kappa shape index (κ3) is 3.77. The third-order valence-corrected chi connectivity index (χ3v) is 3.86. The highest BCUT2D eigenvalue weighted by molar-refractivity contribution is 5.95. The summed E-state index contributed by atoms with van der Waals surface area (Å²) in [5.74, 6) is -1.89. The highest BCUT2D eigenvalue weighted by Crippen LogP contribution is 2.33. The number of carbonyl (C=O) groups excluding carboxylic acids is 1. The summed E-state index contributed by atoms with van der Waals surface area (Å²) in [6.45, 7) is -0.231. The summed E-state index contributed by atoms with van der Waals surface area (Å²) in [7, 11) is 1.25. The molecule has 0 saturated carbocycles. The van der Waals surface area contributed by atoms with Crippen molar-refractivity contribution in [2.24, 2.45) is 0 Å². The molecule has 1 amide bonds. The predicted molar refractivity (Wildman–Crippen MR) is 89.2 cm³/mol. The maximum Gasteiger partial charge on any atom is 0.434 e. The average molecular weight is 395 g/mol. The van der Waals surface area contributed by atoms with Gasteiger partial charge >= 0.3 is 6.18 Å². The van der Waals surface area contributed by atoms with E-state index in [-0.39, 0.29) is 17.9 Å². The number of benzene rings is 1. The van der Waals surface area contributed by atoms with Gasteiger partial charge in [0.2, 0.25) is 0 Å². The molecule has 2 heterocycles. The second kappa shape index (κ2) is 7.25. The first-order chi connectivity index (χ1) is 13.2. The minimum atomic E-state index is -4.93. The largest absolute Gasteiger partial charge is 0.434 e. The first kappa shape index (κ1) is 19.3. The van der Waals surface area contributed by atoms with E-state index in [0.29, 0.717) is 4.68 Å². The Balaban J connectivity index is 1.99. The molecular weight excluding hydrogens is 382 g/mol. The first-order valence-electron chi connectivity index (χ1n) is 7.88. The molecule has 0 aliphatic carbocycles. The van der Waals surface area contributed by atoms with E-state index in [0.717, 1.165) is 23.2 Å². The van der Waals surface area contributed by atoms with Crippen LogP contribution in [0.15, 0.2) is 47.4 Å². The van der Waals surface area contributed by atoms with Crippen LogP contribution in [0.2, 0.25) is 0 Å². The lowest BCUT2D eigenvalue weighted by Crippen LogP contribution is -2.29. The number of hydrogen-bond donors (Lipinski definition) is 1. The van der Waals surface area contributed by atoms with Crippen LogP contribution in [0.1, 0.15) is 21.6 Å². The molecule has 146 valence electrons. The SMILES string of the molecule is CN(Cc1ccccc1F)C(=O)c1cnn(-c2ccc(=O)[nH]n2)c1C(F)(F)F. The molecule has 0 aliphatic heterocycles. The summed E-state index contributed by atoms with van der Waals surface area (Å²) in [5.41, 5.74) is -2.52. The average Bonchev–Trinajstić information content (AvgIpc) is 3.09. The van der Waals surface area contributed by atoms with E-state index in [1.54, 1.807) is 6.07 Å². The van der Waals surface area contributed by atoms with Gasteiger partial charge in [-0.3, -0.25) is 9.59 Å². The van der Waals surface area contributed by atoms with Crippen LogP contribution in [0.3, 0.4) is 0 Å². The molecule has 0 saturated heterocycles. The van der Waals surface area contributed by atoms with Crippen LogP contribution >= 0.6 is 0 Å². The highest BCUT2D eigenvalue weighted by Gasteiger charge is 2.41. The molecule has 3 aromatic rings. The van der Waals surface area contributed by atoms with Crippen LogP contribution in [-0.4, -0.2) is 37.8 Å². The van der Waals surface area contributed by atoms with Crippen molar-refractivity contribution in [3.8, 4) is 5.82 Å². The lowest BCUT2D eigenvalue weighted by atomic mass is 10.1. The van der Waals surface area contributed by atoms with Gasteiger partial charge in [0.15, 0.2) is 11.5 Å². The zero-order valence-corrected chi connectivity index (χ0v) is 14.4. The van der Waals surface area contributed by atoms with Gasteiger partial charge in [-0.05, 0) is 12.1 Å². The van der Waals surface area contributed by atoms with Gasteiger partial charge in [0.05, 0.1) is 11.8 Å². The van der Waals surface area contributed by atoms with Crippen LogP contribution in [-0.2, 0) is 12.7 Å². The van der Waals surface area contributed by atoms with Gasteiger partial charge in [-0.1, -0.05) is 18.2 Å². The summed E-state index contributed by atoms with van der Waals surface area (Å²) in [5, 5.41) is 9.12. The Labute approximate surface area is 155 Å². The van der Waals surface area contributed by atoms with E-state index in [1.807, 2.05) is 5.10 Å². The molecule has 0 atom stereocenters. The van der Waals surface area contributed by atoms with Gasteiger partial charge in [0.25, 0.3) is 11.5 Å². The van der Waals surface area contributed by atoms with Crippen molar-refractivity contribution in [3.63, 3.8) is 0 Å². The van der Waals surface area contributed by atoms with Gasteiger partial charge in [-0.15, -0.1) is 0 Å². The summed E-state index contributed by atoms with van der Waals surface area (Å²) >= 11 is 0. The Morgan fingerprint density at radius 3 is 2.54 bits per heavy atom. The number of nitrogens with zero attached hydrogens (tertiary/aromatic N) is 4. The van der Waals surface area contributed by atoms with Gasteiger partial charge < -0.3 is 4.90 Å². The fourth-order valence-corrected chi connectivity index (χ4v) is 2.57. The van der Waals surface area contributed by atoms with E-state index in [1.165, 1.54) is 25.2 Å². The summed E-state index contributed by atoms with van der Waals surface area (Å²) in [4.78, 5) is 24.6. The van der Waals surface area contributed by atoms with Crippen molar-refractivity contribution >= 4 is 5.91 Å². The van der Waals surface area contributed by atoms with Crippen molar-refractivity contribution in [2.75, 3.05) is 7.05 Å². The van der Waals surface area contributed by atoms with Crippen LogP contribution in [0, 0.1) is 5.82 Å². The number of alkyl halides is 3. The zero-order valence-electron chi connectivity index (χ0n) is 14.4. The number of carbonyl (C=O) groups is 1. The molecule has 1 aromatic carbocycles. The number of aromatic nitrogens is 4. The van der Waals surface area contributed by atoms with Crippen LogP contribution in [0.25, 0.3) is 5.82 Å². The quantitative estimate of drug-likeness (QED) is 0.688. The molecule has 0 aliphatic rings. The smallest absolute Gasteiger partial charge is 0.337 e. The Morgan fingerprint density at radius 2 is 1.93 bits per heavy atom. The van der Waals surface area contributed by atoms with E-state index in [4.69, 9.17) is 0 Å². The monoisotopic (exact) mass is 395 g/mol. The van der Waals surface area contributed by atoms with Crippen molar-refractivity contribution in [3.05, 3.63) is 75.6 Å². The predicted octanol–water partition coefficient (Wildman–Crippen LogP) is 2.39. The maximum atomic E-state index is 13.8. The van der Waals surface area contributed by atoms with Gasteiger partial charge in [-0.25, -0.2) is 14.2 Å². The molecule has 3 rings (SSSR count). The van der Waals surface area contributed by atoms with Crippen molar-refractivity contribution in [2.45, 2.75) is 12.7 Å². The number of H-pyrrole nitrogens is 1. The number of aromatic amines is 1. The Bertz CT molecular complexity index is 1050. The van der Waals surface area contributed by atoms with Gasteiger partial charge in [0.1, 0.15) is 5.82 Å². The standard InChI is InChI=1S/C17H13F4N5O2/c1-25(9-10-4-2-3-5-12(10)18)16(28)11-8-22-26(15(11)17(19,20)21)13-6-7-14(27)24-23-13/h2-8H,9H2,1H3,(H,24,27). The van der Waals surface area contributed by atoms with Gasteiger partial charge in [-0.2, -0.15) is 23.4 Å². The Kier molecular flexibility index (Phi) is 4.99. The molecule has 0 radical (unpaired) electrons. The van der Waals surface area contributed by atoms with E-state index < -0.39 is 34.7 Å². The molecule has 28 heavy (non-hydrogen) atoms.